The van der Waals surface area contributed by atoms with Gasteiger partial charge in [-0.2, -0.15) is 0 Å². The maximum absolute atomic E-state index is 6.08. The van der Waals surface area contributed by atoms with Crippen LogP contribution in [0.25, 0.3) is 0 Å². The molecule has 0 amide bonds. The molecular weight excluding hydrogens is 299 g/mol. The molecule has 2 rings (SSSR count). The second kappa shape index (κ2) is 7.15. The van der Waals surface area contributed by atoms with Crippen molar-refractivity contribution >= 4 is 40.2 Å². The van der Waals surface area contributed by atoms with E-state index in [0.29, 0.717) is 0 Å². The number of nitrogens with zero attached hydrogens (tertiary/aromatic N) is 1. The number of rotatable bonds is 6. The van der Waals surface area contributed by atoms with Crippen molar-refractivity contribution in [1.82, 2.24) is 4.90 Å². The Morgan fingerprint density at radius 2 is 1.95 bits per heavy atom. The van der Waals surface area contributed by atoms with Gasteiger partial charge in [-0.1, -0.05) is 35.3 Å². The molecule has 19 heavy (non-hydrogen) atoms. The quantitative estimate of drug-likeness (QED) is 0.838. The number of halogens is 2. The summed E-state index contributed by atoms with van der Waals surface area (Å²) in [4.78, 5) is 3.54. The number of benzene rings is 1. The smallest absolute Gasteiger partial charge is 0.0931 e. The standard InChI is InChI=1S/C14H16Cl2N2S/c1-18(10-11-6-7-14(16)19-11)9-8-17-13-5-3-2-4-12(13)15/h2-7,17H,8-10H2,1H3. The van der Waals surface area contributed by atoms with E-state index < -0.39 is 0 Å². The number of nitrogens with one attached hydrogen (secondary N) is 1. The fraction of sp³-hybridized carbons (Fsp3) is 0.286. The normalized spacial score (nSPS) is 10.9. The molecule has 1 heterocycles. The monoisotopic (exact) mass is 314 g/mol. The average molecular weight is 315 g/mol. The number of para-hydroxylation sites is 1. The Morgan fingerprint density at radius 1 is 1.16 bits per heavy atom. The highest BCUT2D eigenvalue weighted by molar-refractivity contribution is 7.16. The van der Waals surface area contributed by atoms with Gasteiger partial charge in [-0.05, 0) is 31.3 Å². The molecule has 1 aromatic carbocycles. The van der Waals surface area contributed by atoms with Crippen LogP contribution in [0.15, 0.2) is 36.4 Å². The zero-order valence-corrected chi connectivity index (χ0v) is 13.0. The van der Waals surface area contributed by atoms with Crippen molar-refractivity contribution in [1.29, 1.82) is 0 Å². The van der Waals surface area contributed by atoms with Crippen molar-refractivity contribution in [2.75, 3.05) is 25.5 Å². The summed E-state index contributed by atoms with van der Waals surface area (Å²) in [5.74, 6) is 0. The van der Waals surface area contributed by atoms with Crippen LogP contribution >= 0.6 is 34.5 Å². The van der Waals surface area contributed by atoms with Gasteiger partial charge in [0.15, 0.2) is 0 Å². The SMILES string of the molecule is CN(CCNc1ccccc1Cl)Cc1ccc(Cl)s1. The Morgan fingerprint density at radius 3 is 2.63 bits per heavy atom. The van der Waals surface area contributed by atoms with E-state index in [2.05, 4.69) is 23.3 Å². The molecule has 0 aliphatic heterocycles. The summed E-state index contributed by atoms with van der Waals surface area (Å²) >= 11 is 13.6. The van der Waals surface area contributed by atoms with Gasteiger partial charge in [0.05, 0.1) is 15.0 Å². The number of likely N-dealkylation sites (N-methyl/N-ethyl adjacent to an activating group) is 1. The van der Waals surface area contributed by atoms with Gasteiger partial charge < -0.3 is 5.32 Å². The summed E-state index contributed by atoms with van der Waals surface area (Å²) < 4.78 is 0.845. The van der Waals surface area contributed by atoms with Gasteiger partial charge >= 0.3 is 0 Å². The molecule has 0 radical (unpaired) electrons. The lowest BCUT2D eigenvalue weighted by Crippen LogP contribution is -2.24. The molecule has 5 heteroatoms. The number of anilines is 1. The minimum atomic E-state index is 0.759. The van der Waals surface area contributed by atoms with Crippen molar-refractivity contribution < 1.29 is 0 Å². The largest absolute Gasteiger partial charge is 0.383 e. The molecule has 0 fully saturated rings. The Bertz CT molecular complexity index is 528. The van der Waals surface area contributed by atoms with E-state index in [4.69, 9.17) is 23.2 Å². The Kier molecular flexibility index (Phi) is 5.52. The van der Waals surface area contributed by atoms with Crippen LogP contribution in [-0.4, -0.2) is 25.0 Å². The third-order valence-electron chi connectivity index (χ3n) is 2.74. The second-order valence-corrected chi connectivity index (χ2v) is 6.56. The van der Waals surface area contributed by atoms with Crippen LogP contribution < -0.4 is 5.32 Å². The first-order valence-corrected chi connectivity index (χ1v) is 7.63. The molecule has 0 saturated heterocycles. The predicted octanol–water partition coefficient (Wildman–Crippen LogP) is 4.60. The first-order valence-electron chi connectivity index (χ1n) is 6.06. The first kappa shape index (κ1) is 14.7. The van der Waals surface area contributed by atoms with Crippen LogP contribution in [0.1, 0.15) is 4.88 Å². The van der Waals surface area contributed by atoms with Gasteiger partial charge in [-0.25, -0.2) is 0 Å². The van der Waals surface area contributed by atoms with E-state index in [1.165, 1.54) is 4.88 Å². The van der Waals surface area contributed by atoms with Crippen LogP contribution in [0.5, 0.6) is 0 Å². The molecule has 2 aromatic rings. The highest BCUT2D eigenvalue weighted by atomic mass is 35.5. The minimum Gasteiger partial charge on any atom is -0.383 e. The van der Waals surface area contributed by atoms with Crippen LogP contribution in [0.4, 0.5) is 5.69 Å². The first-order chi connectivity index (χ1) is 9.15. The lowest BCUT2D eigenvalue weighted by molar-refractivity contribution is 0.343. The third kappa shape index (κ3) is 4.69. The van der Waals surface area contributed by atoms with Crippen molar-refractivity contribution in [3.05, 3.63) is 50.6 Å². The summed E-state index contributed by atoms with van der Waals surface area (Å²) in [6.07, 6.45) is 0. The minimum absolute atomic E-state index is 0.759. The molecule has 0 bridgehead atoms. The topological polar surface area (TPSA) is 15.3 Å². The fourth-order valence-corrected chi connectivity index (χ4v) is 3.14. The molecule has 102 valence electrons. The van der Waals surface area contributed by atoms with E-state index in [-0.39, 0.29) is 0 Å². The van der Waals surface area contributed by atoms with E-state index in [1.807, 2.05) is 30.3 Å². The maximum Gasteiger partial charge on any atom is 0.0931 e. The predicted molar refractivity (Wildman–Crippen MR) is 85.6 cm³/mol. The van der Waals surface area contributed by atoms with Crippen molar-refractivity contribution in [2.45, 2.75) is 6.54 Å². The van der Waals surface area contributed by atoms with Crippen LogP contribution in [0.2, 0.25) is 9.36 Å². The zero-order valence-electron chi connectivity index (χ0n) is 10.7. The van der Waals surface area contributed by atoms with Crippen LogP contribution in [0.3, 0.4) is 0 Å². The van der Waals surface area contributed by atoms with Crippen molar-refractivity contribution in [3.63, 3.8) is 0 Å². The summed E-state index contributed by atoms with van der Waals surface area (Å²) in [6, 6.07) is 11.8. The molecular formula is C14H16Cl2N2S. The van der Waals surface area contributed by atoms with Gasteiger partial charge in [-0.15, -0.1) is 11.3 Å². The third-order valence-corrected chi connectivity index (χ3v) is 4.28. The molecule has 0 unspecified atom stereocenters. The molecule has 0 atom stereocenters. The van der Waals surface area contributed by atoms with Crippen molar-refractivity contribution in [2.24, 2.45) is 0 Å². The van der Waals surface area contributed by atoms with E-state index in [0.717, 1.165) is 34.7 Å². The molecule has 0 spiro atoms. The number of hydrogen-bond acceptors (Lipinski definition) is 3. The second-order valence-electron chi connectivity index (χ2n) is 4.35. The summed E-state index contributed by atoms with van der Waals surface area (Å²) in [6.45, 7) is 2.72. The van der Waals surface area contributed by atoms with Gasteiger partial charge in [0.1, 0.15) is 0 Å². The fourth-order valence-electron chi connectivity index (χ4n) is 1.77. The summed E-state index contributed by atoms with van der Waals surface area (Å²) in [5, 5.41) is 4.10. The Hall–Kier alpha value is -0.740. The Labute approximate surface area is 128 Å². The van der Waals surface area contributed by atoms with E-state index in [9.17, 15) is 0 Å². The van der Waals surface area contributed by atoms with Crippen molar-refractivity contribution in [3.8, 4) is 0 Å². The van der Waals surface area contributed by atoms with Gasteiger partial charge in [-0.3, -0.25) is 4.90 Å². The van der Waals surface area contributed by atoms with Crippen LogP contribution in [-0.2, 0) is 6.54 Å². The molecule has 1 N–H and O–H groups in total. The highest BCUT2D eigenvalue weighted by Gasteiger charge is 2.03. The number of thiophene rings is 1. The summed E-state index contributed by atoms with van der Waals surface area (Å²) in [5.41, 5.74) is 0.983. The number of hydrogen-bond donors (Lipinski definition) is 1. The molecule has 1 aromatic heterocycles. The van der Waals surface area contributed by atoms with E-state index >= 15 is 0 Å². The molecule has 2 nitrogen and oxygen atoms in total. The zero-order chi connectivity index (χ0) is 13.7. The summed E-state index contributed by atoms with van der Waals surface area (Å²) in [7, 11) is 2.10. The van der Waals surface area contributed by atoms with Gasteiger partial charge in [0.2, 0.25) is 0 Å². The maximum atomic E-state index is 6.08. The van der Waals surface area contributed by atoms with Crippen LogP contribution in [0, 0.1) is 0 Å². The van der Waals surface area contributed by atoms with Gasteiger partial charge in [0.25, 0.3) is 0 Å². The average Bonchev–Trinajstić information content (AvgIpc) is 2.77. The molecule has 0 saturated carbocycles. The highest BCUT2D eigenvalue weighted by Crippen LogP contribution is 2.22. The Balaban J connectivity index is 1.75. The molecule has 0 aliphatic rings. The lowest BCUT2D eigenvalue weighted by atomic mass is 10.3. The molecule has 0 aliphatic carbocycles. The van der Waals surface area contributed by atoms with E-state index in [1.54, 1.807) is 11.3 Å². The van der Waals surface area contributed by atoms with Gasteiger partial charge in [0, 0.05) is 24.5 Å². The lowest BCUT2D eigenvalue weighted by Gasteiger charge is -2.16.